The van der Waals surface area contributed by atoms with Gasteiger partial charge in [0.05, 0.1) is 0 Å². The zero-order valence-corrected chi connectivity index (χ0v) is 10.1. The molecule has 2 rings (SSSR count). The molecule has 16 heavy (non-hydrogen) atoms. The molecule has 2 aromatic rings. The van der Waals surface area contributed by atoms with E-state index in [0.29, 0.717) is 0 Å². The molecule has 0 aliphatic rings. The fourth-order valence-electron chi connectivity index (χ4n) is 1.37. The van der Waals surface area contributed by atoms with Gasteiger partial charge in [0.1, 0.15) is 0 Å². The maximum Gasteiger partial charge on any atom is 0.0407 e. The van der Waals surface area contributed by atoms with Crippen LogP contribution in [0, 0.1) is 0 Å². The fraction of sp³-hybridized carbons (Fsp3) is 0.0769. The molecular weight excluding hydrogens is 241 g/mol. The van der Waals surface area contributed by atoms with Crippen molar-refractivity contribution in [2.24, 2.45) is 0 Å². The van der Waals surface area contributed by atoms with Crippen molar-refractivity contribution in [1.82, 2.24) is 0 Å². The predicted molar refractivity (Wildman–Crippen MR) is 70.2 cm³/mol. The second-order valence-corrected chi connectivity index (χ2v) is 4.36. The van der Waals surface area contributed by atoms with E-state index in [4.69, 9.17) is 23.2 Å². The zero-order valence-electron chi connectivity index (χ0n) is 8.58. The van der Waals surface area contributed by atoms with Crippen LogP contribution < -0.4 is 5.32 Å². The first-order chi connectivity index (χ1) is 7.74. The van der Waals surface area contributed by atoms with Crippen molar-refractivity contribution in [3.05, 3.63) is 64.1 Å². The van der Waals surface area contributed by atoms with Crippen molar-refractivity contribution in [2.45, 2.75) is 6.54 Å². The molecule has 3 heteroatoms. The number of anilines is 1. The van der Waals surface area contributed by atoms with Crippen molar-refractivity contribution in [3.63, 3.8) is 0 Å². The van der Waals surface area contributed by atoms with Crippen molar-refractivity contribution >= 4 is 28.9 Å². The van der Waals surface area contributed by atoms with Crippen LogP contribution in [0.25, 0.3) is 0 Å². The van der Waals surface area contributed by atoms with Gasteiger partial charge >= 0.3 is 0 Å². The average Bonchev–Trinajstić information content (AvgIpc) is 2.30. The summed E-state index contributed by atoms with van der Waals surface area (Å²) in [4.78, 5) is 0. The lowest BCUT2D eigenvalue weighted by molar-refractivity contribution is 1.15. The van der Waals surface area contributed by atoms with Crippen molar-refractivity contribution in [1.29, 1.82) is 0 Å². The van der Waals surface area contributed by atoms with Crippen LogP contribution in [0.2, 0.25) is 10.0 Å². The highest BCUT2D eigenvalue weighted by atomic mass is 35.5. The summed E-state index contributed by atoms with van der Waals surface area (Å²) < 4.78 is 0. The van der Waals surface area contributed by atoms with Gasteiger partial charge in [-0.15, -0.1) is 0 Å². The Morgan fingerprint density at radius 3 is 1.81 bits per heavy atom. The number of nitrogens with one attached hydrogen (secondary N) is 1. The first kappa shape index (κ1) is 11.3. The molecule has 0 amide bonds. The first-order valence-corrected chi connectivity index (χ1v) is 5.73. The highest BCUT2D eigenvalue weighted by Gasteiger charge is 1.94. The Kier molecular flexibility index (Phi) is 3.70. The molecule has 0 saturated carbocycles. The van der Waals surface area contributed by atoms with E-state index in [9.17, 15) is 0 Å². The van der Waals surface area contributed by atoms with E-state index in [1.165, 1.54) is 5.56 Å². The van der Waals surface area contributed by atoms with Gasteiger partial charge in [-0.3, -0.25) is 0 Å². The smallest absolute Gasteiger partial charge is 0.0407 e. The molecule has 0 atom stereocenters. The number of rotatable bonds is 3. The molecule has 0 aliphatic carbocycles. The number of hydrogen-bond donors (Lipinski definition) is 1. The monoisotopic (exact) mass is 251 g/mol. The Morgan fingerprint density at radius 1 is 0.750 bits per heavy atom. The maximum absolute atomic E-state index is 5.81. The van der Waals surface area contributed by atoms with Gasteiger partial charge in [0.25, 0.3) is 0 Å². The van der Waals surface area contributed by atoms with Crippen LogP contribution in [-0.2, 0) is 6.54 Å². The SMILES string of the molecule is Clc1ccc(CNc2ccc(Cl)cc2)cc1. The Bertz CT molecular complexity index is 403. The normalized spacial score (nSPS) is 10.1. The standard InChI is InChI=1S/C13H11Cl2N/c14-11-3-1-10(2-4-11)9-16-13-7-5-12(15)6-8-13/h1-8,16H,9H2. The molecule has 0 radical (unpaired) electrons. The minimum atomic E-state index is 0.747. The molecule has 0 bridgehead atoms. The van der Waals surface area contributed by atoms with Crippen LogP contribution in [0.3, 0.4) is 0 Å². The van der Waals surface area contributed by atoms with E-state index in [1.54, 1.807) is 0 Å². The third kappa shape index (κ3) is 3.16. The molecule has 82 valence electrons. The quantitative estimate of drug-likeness (QED) is 0.841. The largest absolute Gasteiger partial charge is 0.381 e. The minimum absolute atomic E-state index is 0.747. The number of halogens is 2. The van der Waals surface area contributed by atoms with Crippen LogP contribution >= 0.6 is 23.2 Å². The lowest BCUT2D eigenvalue weighted by Gasteiger charge is -2.06. The summed E-state index contributed by atoms with van der Waals surface area (Å²) in [6.07, 6.45) is 0. The van der Waals surface area contributed by atoms with E-state index >= 15 is 0 Å². The number of hydrogen-bond acceptors (Lipinski definition) is 1. The van der Waals surface area contributed by atoms with Gasteiger partial charge in [-0.2, -0.15) is 0 Å². The van der Waals surface area contributed by atoms with E-state index in [2.05, 4.69) is 5.32 Å². The van der Waals surface area contributed by atoms with Crippen LogP contribution in [-0.4, -0.2) is 0 Å². The summed E-state index contributed by atoms with van der Waals surface area (Å²) in [5.41, 5.74) is 2.25. The zero-order chi connectivity index (χ0) is 11.4. The molecule has 0 unspecified atom stereocenters. The summed E-state index contributed by atoms with van der Waals surface area (Å²) >= 11 is 11.6. The van der Waals surface area contributed by atoms with Gasteiger partial charge < -0.3 is 5.32 Å². The minimum Gasteiger partial charge on any atom is -0.381 e. The van der Waals surface area contributed by atoms with E-state index in [1.807, 2.05) is 48.5 Å². The molecule has 0 spiro atoms. The lowest BCUT2D eigenvalue weighted by atomic mass is 10.2. The van der Waals surface area contributed by atoms with Gasteiger partial charge in [-0.05, 0) is 42.0 Å². The van der Waals surface area contributed by atoms with Crippen LogP contribution in [0.15, 0.2) is 48.5 Å². The Balaban J connectivity index is 1.97. The summed E-state index contributed by atoms with van der Waals surface area (Å²) in [5.74, 6) is 0. The lowest BCUT2D eigenvalue weighted by Crippen LogP contribution is -1.98. The summed E-state index contributed by atoms with van der Waals surface area (Å²) in [6.45, 7) is 0.777. The first-order valence-electron chi connectivity index (χ1n) is 4.98. The van der Waals surface area contributed by atoms with Gasteiger partial charge in [0, 0.05) is 22.3 Å². The fourth-order valence-corrected chi connectivity index (χ4v) is 1.63. The van der Waals surface area contributed by atoms with Gasteiger partial charge in [-0.25, -0.2) is 0 Å². The van der Waals surface area contributed by atoms with E-state index in [-0.39, 0.29) is 0 Å². The number of benzene rings is 2. The van der Waals surface area contributed by atoms with E-state index in [0.717, 1.165) is 22.3 Å². The molecule has 0 saturated heterocycles. The van der Waals surface area contributed by atoms with Gasteiger partial charge in [0.2, 0.25) is 0 Å². The molecular formula is C13H11Cl2N. The van der Waals surface area contributed by atoms with E-state index < -0.39 is 0 Å². The summed E-state index contributed by atoms with van der Waals surface area (Å²) in [7, 11) is 0. The van der Waals surface area contributed by atoms with Crippen molar-refractivity contribution in [3.8, 4) is 0 Å². The molecule has 0 fully saturated rings. The van der Waals surface area contributed by atoms with Crippen molar-refractivity contribution < 1.29 is 0 Å². The van der Waals surface area contributed by atoms with Gasteiger partial charge in [0.15, 0.2) is 0 Å². The van der Waals surface area contributed by atoms with Crippen LogP contribution in [0.1, 0.15) is 5.56 Å². The van der Waals surface area contributed by atoms with Crippen molar-refractivity contribution in [2.75, 3.05) is 5.32 Å². The molecule has 0 heterocycles. The molecule has 1 N–H and O–H groups in total. The topological polar surface area (TPSA) is 12.0 Å². The average molecular weight is 252 g/mol. The molecule has 0 aromatic heterocycles. The third-order valence-corrected chi connectivity index (χ3v) is 2.76. The Morgan fingerprint density at radius 2 is 1.25 bits per heavy atom. The second kappa shape index (κ2) is 5.24. The Hall–Kier alpha value is -1.18. The summed E-state index contributed by atoms with van der Waals surface area (Å²) in [5, 5.41) is 4.81. The summed E-state index contributed by atoms with van der Waals surface area (Å²) in [6, 6.07) is 15.4. The third-order valence-electron chi connectivity index (χ3n) is 2.25. The second-order valence-electron chi connectivity index (χ2n) is 3.49. The maximum atomic E-state index is 5.81. The molecule has 0 aliphatic heterocycles. The highest BCUT2D eigenvalue weighted by Crippen LogP contribution is 2.15. The van der Waals surface area contributed by atoms with Crippen LogP contribution in [0.5, 0.6) is 0 Å². The van der Waals surface area contributed by atoms with Gasteiger partial charge in [-0.1, -0.05) is 35.3 Å². The van der Waals surface area contributed by atoms with Crippen LogP contribution in [0.4, 0.5) is 5.69 Å². The highest BCUT2D eigenvalue weighted by molar-refractivity contribution is 6.30. The predicted octanol–water partition coefficient (Wildman–Crippen LogP) is 4.61. The molecule has 2 aromatic carbocycles. The molecule has 1 nitrogen and oxygen atoms in total. The Labute approximate surface area is 105 Å².